The standard InChI is InChI=1S/C20H16Cl6N2O3S/c1-11-6-8-14(9-7-11)32(30,31)28-19(27-13-5-3-4-12(2)10-13)16(22)15(21)17(29)18(23,24)20(19,25)26/h3-10,27-28H,1-2H3/t19-/m0/s1. The summed E-state index contributed by atoms with van der Waals surface area (Å²) in [6.45, 7) is 3.61. The van der Waals surface area contributed by atoms with E-state index in [-0.39, 0.29) is 4.90 Å². The van der Waals surface area contributed by atoms with E-state index in [1.54, 1.807) is 37.3 Å². The van der Waals surface area contributed by atoms with Crippen molar-refractivity contribution in [3.63, 3.8) is 0 Å². The highest BCUT2D eigenvalue weighted by atomic mass is 35.5. The molecule has 0 saturated heterocycles. The Bertz CT molecular complexity index is 1210. The van der Waals surface area contributed by atoms with Crippen molar-refractivity contribution < 1.29 is 13.2 Å². The van der Waals surface area contributed by atoms with Gasteiger partial charge in [-0.2, -0.15) is 4.72 Å². The zero-order valence-electron chi connectivity index (χ0n) is 16.5. The van der Waals surface area contributed by atoms with E-state index in [1.807, 2.05) is 13.0 Å². The number of ketones is 1. The number of carbonyl (C=O) groups is 1. The van der Waals surface area contributed by atoms with Gasteiger partial charge in [0, 0.05) is 5.69 Å². The Morgan fingerprint density at radius 3 is 2.03 bits per heavy atom. The fraction of sp³-hybridized carbons (Fsp3) is 0.250. The van der Waals surface area contributed by atoms with Crippen LogP contribution in [0.4, 0.5) is 5.69 Å². The number of aryl methyl sites for hydroxylation is 2. The second-order valence-electron chi connectivity index (χ2n) is 7.27. The number of halogens is 6. The molecule has 0 aliphatic heterocycles. The molecule has 2 N–H and O–H groups in total. The van der Waals surface area contributed by atoms with Gasteiger partial charge in [-0.15, -0.1) is 0 Å². The van der Waals surface area contributed by atoms with E-state index in [0.717, 1.165) is 11.1 Å². The van der Waals surface area contributed by atoms with Crippen molar-refractivity contribution in [1.29, 1.82) is 0 Å². The van der Waals surface area contributed by atoms with Crippen molar-refractivity contribution in [3.05, 3.63) is 69.7 Å². The molecule has 0 radical (unpaired) electrons. The summed E-state index contributed by atoms with van der Waals surface area (Å²) in [6, 6.07) is 12.8. The van der Waals surface area contributed by atoms with Crippen LogP contribution in [0.5, 0.6) is 0 Å². The minimum atomic E-state index is -4.35. The van der Waals surface area contributed by atoms with Gasteiger partial charge >= 0.3 is 0 Å². The van der Waals surface area contributed by atoms with Crippen LogP contribution in [0.3, 0.4) is 0 Å². The highest BCUT2D eigenvalue weighted by Gasteiger charge is 2.71. The first-order valence-corrected chi connectivity index (χ1v) is 12.7. The quantitative estimate of drug-likeness (QED) is 0.338. The zero-order chi connectivity index (χ0) is 24.1. The molecule has 0 heterocycles. The molecular formula is C20H16Cl6N2O3S. The summed E-state index contributed by atoms with van der Waals surface area (Å²) in [4.78, 5) is 12.5. The first kappa shape index (κ1) is 25.9. The number of carbonyl (C=O) groups excluding carboxylic acids is 1. The Kier molecular flexibility index (Phi) is 7.14. The molecule has 0 fully saturated rings. The van der Waals surface area contributed by atoms with Gasteiger partial charge in [0.2, 0.25) is 24.5 Å². The van der Waals surface area contributed by atoms with E-state index >= 15 is 0 Å². The number of alkyl halides is 4. The number of Topliss-reactive ketones (excluding diaryl/α,β-unsaturated/α-hetero) is 1. The molecule has 0 bridgehead atoms. The molecule has 0 saturated carbocycles. The number of hydrogen-bond donors (Lipinski definition) is 2. The lowest BCUT2D eigenvalue weighted by Gasteiger charge is -2.50. The maximum atomic E-state index is 13.3. The molecule has 32 heavy (non-hydrogen) atoms. The van der Waals surface area contributed by atoms with E-state index < -0.39 is 40.2 Å². The predicted molar refractivity (Wildman–Crippen MR) is 132 cm³/mol. The summed E-state index contributed by atoms with van der Waals surface area (Å²) >= 11 is 38.2. The second-order valence-corrected chi connectivity index (χ2v) is 12.4. The van der Waals surface area contributed by atoms with Crippen LogP contribution in [0.1, 0.15) is 11.1 Å². The van der Waals surface area contributed by atoms with Crippen molar-refractivity contribution >= 4 is 91.1 Å². The van der Waals surface area contributed by atoms with Crippen molar-refractivity contribution in [1.82, 2.24) is 4.72 Å². The van der Waals surface area contributed by atoms with Gasteiger partial charge in [-0.05, 0) is 43.7 Å². The molecule has 172 valence electrons. The summed E-state index contributed by atoms with van der Waals surface area (Å²) < 4.78 is 23.9. The number of hydrogen-bond acceptors (Lipinski definition) is 4. The number of rotatable bonds is 5. The van der Waals surface area contributed by atoms with Crippen LogP contribution in [-0.2, 0) is 14.8 Å². The average Bonchev–Trinajstić information content (AvgIpc) is 2.70. The van der Waals surface area contributed by atoms with Crippen LogP contribution in [0.25, 0.3) is 0 Å². The predicted octanol–water partition coefficient (Wildman–Crippen LogP) is 6.01. The van der Waals surface area contributed by atoms with Gasteiger partial charge in [-0.3, -0.25) is 4.79 Å². The van der Waals surface area contributed by atoms with Crippen molar-refractivity contribution in [3.8, 4) is 0 Å². The highest BCUT2D eigenvalue weighted by molar-refractivity contribution is 7.89. The SMILES string of the molecule is Cc1ccc(S(=O)(=O)N[C@@]2(Nc3cccc(C)c3)C(Cl)=C(Cl)C(=O)C(Cl)(Cl)C2(Cl)Cl)cc1. The first-order valence-electron chi connectivity index (χ1n) is 8.97. The van der Waals surface area contributed by atoms with Crippen molar-refractivity contribution in [2.75, 3.05) is 5.32 Å². The van der Waals surface area contributed by atoms with E-state index in [1.165, 1.54) is 12.1 Å². The second kappa shape index (κ2) is 8.82. The third-order valence-corrected chi connectivity index (χ3v) is 9.67. The molecule has 1 atom stereocenters. The minimum Gasteiger partial charge on any atom is -0.359 e. The summed E-state index contributed by atoms with van der Waals surface area (Å²) in [5.74, 6) is -1.08. The summed E-state index contributed by atoms with van der Waals surface area (Å²) in [7, 11) is -4.35. The normalized spacial score (nSPS) is 22.7. The lowest BCUT2D eigenvalue weighted by molar-refractivity contribution is -0.116. The molecule has 0 unspecified atom stereocenters. The van der Waals surface area contributed by atoms with Gasteiger partial charge in [0.05, 0.1) is 9.93 Å². The fourth-order valence-corrected chi connectivity index (χ4v) is 6.41. The van der Waals surface area contributed by atoms with Gasteiger partial charge in [0.25, 0.3) is 0 Å². The average molecular weight is 577 g/mol. The van der Waals surface area contributed by atoms with Gasteiger partial charge in [-0.25, -0.2) is 8.42 Å². The molecule has 1 aliphatic rings. The molecule has 12 heteroatoms. The molecule has 0 amide bonds. The topological polar surface area (TPSA) is 75.3 Å². The minimum absolute atomic E-state index is 0.120. The number of sulfonamides is 1. The maximum absolute atomic E-state index is 13.3. The Balaban J connectivity index is 2.29. The van der Waals surface area contributed by atoms with Gasteiger partial charge < -0.3 is 5.32 Å². The van der Waals surface area contributed by atoms with E-state index in [4.69, 9.17) is 69.6 Å². The monoisotopic (exact) mass is 574 g/mol. The van der Waals surface area contributed by atoms with Crippen LogP contribution >= 0.6 is 69.6 Å². The molecule has 3 rings (SSSR count). The van der Waals surface area contributed by atoms with Crippen molar-refractivity contribution in [2.24, 2.45) is 0 Å². The molecular weight excluding hydrogens is 561 g/mol. The van der Waals surface area contributed by atoms with Gasteiger partial charge in [0.15, 0.2) is 5.66 Å². The van der Waals surface area contributed by atoms with E-state index in [2.05, 4.69) is 10.0 Å². The number of anilines is 1. The fourth-order valence-electron chi connectivity index (χ4n) is 3.10. The Morgan fingerprint density at radius 1 is 0.875 bits per heavy atom. The Hall–Kier alpha value is -0.700. The molecule has 2 aromatic rings. The number of nitrogens with one attached hydrogen (secondary N) is 2. The smallest absolute Gasteiger partial charge is 0.242 e. The van der Waals surface area contributed by atoms with E-state index in [9.17, 15) is 13.2 Å². The molecule has 5 nitrogen and oxygen atoms in total. The third kappa shape index (κ3) is 4.25. The number of allylic oxidation sites excluding steroid dienone is 1. The lowest BCUT2D eigenvalue weighted by atomic mass is 9.92. The third-order valence-electron chi connectivity index (χ3n) is 4.84. The van der Waals surface area contributed by atoms with Crippen molar-refractivity contribution in [2.45, 2.75) is 33.1 Å². The largest absolute Gasteiger partial charge is 0.359 e. The van der Waals surface area contributed by atoms with Crippen LogP contribution < -0.4 is 10.0 Å². The zero-order valence-corrected chi connectivity index (χ0v) is 21.9. The summed E-state index contributed by atoms with van der Waals surface area (Å²) in [5.41, 5.74) is -0.319. The summed E-state index contributed by atoms with van der Waals surface area (Å²) in [5, 5.41) is 1.72. The Labute approximate surface area is 216 Å². The summed E-state index contributed by atoms with van der Waals surface area (Å²) in [6.07, 6.45) is 0. The molecule has 2 aromatic carbocycles. The molecule has 0 spiro atoms. The lowest BCUT2D eigenvalue weighted by Crippen LogP contribution is -2.73. The first-order chi connectivity index (χ1) is 14.7. The number of benzene rings is 2. The molecule has 1 aliphatic carbocycles. The Morgan fingerprint density at radius 2 is 1.47 bits per heavy atom. The van der Waals surface area contributed by atoms with Crippen LogP contribution in [0, 0.1) is 13.8 Å². The van der Waals surface area contributed by atoms with Gasteiger partial charge in [-0.1, -0.05) is 99.4 Å². The van der Waals surface area contributed by atoms with Gasteiger partial charge in [0.1, 0.15) is 5.03 Å². The van der Waals surface area contributed by atoms with E-state index in [0.29, 0.717) is 5.69 Å². The molecule has 0 aromatic heterocycles. The maximum Gasteiger partial charge on any atom is 0.242 e. The van der Waals surface area contributed by atoms with Crippen LogP contribution in [0.2, 0.25) is 0 Å². The highest BCUT2D eigenvalue weighted by Crippen LogP contribution is 2.58. The van der Waals surface area contributed by atoms with Crippen LogP contribution in [0.15, 0.2) is 63.5 Å². The van der Waals surface area contributed by atoms with Crippen LogP contribution in [-0.4, -0.2) is 28.5 Å².